The zero-order valence-corrected chi connectivity index (χ0v) is 15.5. The second-order valence-electron chi connectivity index (χ2n) is 7.31. The summed E-state index contributed by atoms with van der Waals surface area (Å²) in [6.45, 7) is 10.6. The van der Waals surface area contributed by atoms with E-state index in [1.165, 1.54) is 54.4 Å². The van der Waals surface area contributed by atoms with Crippen LogP contribution in [0.1, 0.15) is 62.1 Å². The van der Waals surface area contributed by atoms with Crippen LogP contribution in [0, 0.1) is 0 Å². The topological polar surface area (TPSA) is 12.4 Å². The van der Waals surface area contributed by atoms with Gasteiger partial charge in [-0.05, 0) is 59.4 Å². The Morgan fingerprint density at radius 3 is 2.68 bits per heavy atom. The van der Waals surface area contributed by atoms with Crippen molar-refractivity contribution in [1.82, 2.24) is 0 Å². The van der Waals surface area contributed by atoms with Crippen molar-refractivity contribution in [2.75, 3.05) is 0 Å². The van der Waals surface area contributed by atoms with Crippen molar-refractivity contribution in [3.63, 3.8) is 0 Å². The van der Waals surface area contributed by atoms with Crippen molar-refractivity contribution < 1.29 is 0 Å². The zero-order chi connectivity index (χ0) is 17.6. The molecule has 0 amide bonds. The van der Waals surface area contributed by atoms with E-state index in [-0.39, 0.29) is 0 Å². The monoisotopic (exact) mass is 331 g/mol. The molecule has 0 radical (unpaired) electrons. The standard InChI is InChI=1S/C24H29N/c1-4-5-6-7-8-9-18(2)14-20-11-13-24-22(16-20)17-21-15-19(3)10-12-23(21)25-24/h10-13,15-16H,2-9,14,17H2,1H3. The average Bonchev–Trinajstić information content (AvgIpc) is 2.59. The number of hydrogen-bond acceptors (Lipinski definition) is 1. The lowest BCUT2D eigenvalue weighted by molar-refractivity contribution is 0.628. The van der Waals surface area contributed by atoms with Crippen LogP contribution in [0.3, 0.4) is 0 Å². The van der Waals surface area contributed by atoms with Crippen molar-refractivity contribution in [1.29, 1.82) is 0 Å². The highest BCUT2D eigenvalue weighted by Gasteiger charge is 2.11. The Bertz CT molecular complexity index is 860. The molecule has 0 saturated heterocycles. The van der Waals surface area contributed by atoms with E-state index >= 15 is 0 Å². The molecule has 1 heterocycles. The van der Waals surface area contributed by atoms with Crippen LogP contribution < -0.4 is 10.6 Å². The highest BCUT2D eigenvalue weighted by Crippen LogP contribution is 2.26. The Kier molecular flexibility index (Phi) is 5.86. The summed E-state index contributed by atoms with van der Waals surface area (Å²) >= 11 is 0. The Labute approximate surface area is 151 Å². The fraction of sp³-hybridized carbons (Fsp3) is 0.375. The molecule has 0 N–H and O–H groups in total. The second kappa shape index (κ2) is 8.29. The van der Waals surface area contributed by atoms with Crippen molar-refractivity contribution in [2.24, 2.45) is 4.99 Å². The molecular formula is C24H29N. The molecule has 0 atom stereocenters. The third kappa shape index (κ3) is 4.69. The first kappa shape index (κ1) is 17.7. The van der Waals surface area contributed by atoms with Gasteiger partial charge in [-0.15, -0.1) is 0 Å². The van der Waals surface area contributed by atoms with Gasteiger partial charge in [0, 0.05) is 6.42 Å². The van der Waals surface area contributed by atoms with Gasteiger partial charge in [0.25, 0.3) is 0 Å². The van der Waals surface area contributed by atoms with E-state index < -0.39 is 0 Å². The fourth-order valence-electron chi connectivity index (χ4n) is 3.58. The first-order valence-electron chi connectivity index (χ1n) is 9.61. The van der Waals surface area contributed by atoms with Crippen LogP contribution in [0.5, 0.6) is 0 Å². The van der Waals surface area contributed by atoms with Crippen molar-refractivity contribution in [2.45, 2.75) is 58.3 Å². The Hall–Kier alpha value is -2.15. The van der Waals surface area contributed by atoms with Gasteiger partial charge in [-0.2, -0.15) is 0 Å². The number of nitrogens with zero attached hydrogens (tertiary/aromatic N) is 1. The maximum absolute atomic E-state index is 4.80. The Morgan fingerprint density at radius 2 is 1.84 bits per heavy atom. The van der Waals surface area contributed by atoms with Gasteiger partial charge in [0.15, 0.2) is 0 Å². The summed E-state index contributed by atoms with van der Waals surface area (Å²) in [5.41, 5.74) is 6.43. The molecule has 0 unspecified atom stereocenters. The van der Waals surface area contributed by atoms with Gasteiger partial charge >= 0.3 is 0 Å². The first-order chi connectivity index (χ1) is 12.2. The Morgan fingerprint density at radius 1 is 1.00 bits per heavy atom. The maximum atomic E-state index is 4.80. The molecule has 1 aliphatic rings. The van der Waals surface area contributed by atoms with E-state index in [9.17, 15) is 0 Å². The van der Waals surface area contributed by atoms with Crippen LogP contribution in [-0.2, 0) is 12.8 Å². The molecule has 1 aliphatic heterocycles. The first-order valence-corrected chi connectivity index (χ1v) is 9.61. The van der Waals surface area contributed by atoms with Gasteiger partial charge in [-0.1, -0.05) is 69.5 Å². The fourth-order valence-corrected chi connectivity index (χ4v) is 3.58. The van der Waals surface area contributed by atoms with Gasteiger partial charge in [0.1, 0.15) is 0 Å². The third-order valence-electron chi connectivity index (χ3n) is 5.00. The molecule has 1 heteroatoms. The van der Waals surface area contributed by atoms with Crippen molar-refractivity contribution in [3.05, 3.63) is 75.8 Å². The minimum atomic E-state index is 0.953. The summed E-state index contributed by atoms with van der Waals surface area (Å²) in [6.07, 6.45) is 9.73. The molecule has 0 aliphatic carbocycles. The molecule has 0 spiro atoms. The van der Waals surface area contributed by atoms with E-state index in [1.54, 1.807) is 0 Å². The van der Waals surface area contributed by atoms with Crippen LogP contribution in [0.15, 0.2) is 53.5 Å². The highest BCUT2D eigenvalue weighted by molar-refractivity contribution is 5.53. The molecule has 25 heavy (non-hydrogen) atoms. The van der Waals surface area contributed by atoms with Gasteiger partial charge in [-0.25, -0.2) is 4.99 Å². The minimum absolute atomic E-state index is 0.953. The molecule has 0 bridgehead atoms. The van der Waals surface area contributed by atoms with E-state index in [4.69, 9.17) is 4.99 Å². The number of benzene rings is 2. The lowest BCUT2D eigenvalue weighted by Gasteiger charge is -2.15. The lowest BCUT2D eigenvalue weighted by atomic mass is 9.94. The molecule has 1 nitrogen and oxygen atoms in total. The predicted octanol–water partition coefficient (Wildman–Crippen LogP) is 5.41. The van der Waals surface area contributed by atoms with E-state index in [0.717, 1.165) is 35.5 Å². The van der Waals surface area contributed by atoms with Crippen LogP contribution >= 0.6 is 0 Å². The predicted molar refractivity (Wildman–Crippen MR) is 108 cm³/mol. The third-order valence-corrected chi connectivity index (χ3v) is 5.00. The average molecular weight is 332 g/mol. The molecule has 2 aromatic carbocycles. The van der Waals surface area contributed by atoms with Crippen LogP contribution in [0.4, 0.5) is 5.69 Å². The molecule has 2 aromatic rings. The number of allylic oxidation sites excluding steroid dienone is 1. The summed E-state index contributed by atoms with van der Waals surface area (Å²) in [5, 5.41) is 2.15. The smallest absolute Gasteiger partial charge is 0.0672 e. The van der Waals surface area contributed by atoms with Crippen LogP contribution in [0.25, 0.3) is 6.58 Å². The van der Waals surface area contributed by atoms with E-state index in [1.807, 2.05) is 6.07 Å². The molecule has 130 valence electrons. The molecule has 0 saturated carbocycles. The van der Waals surface area contributed by atoms with Gasteiger partial charge in [0.05, 0.1) is 11.0 Å². The molecule has 0 fully saturated rings. The number of fused-ring (bicyclic) bond motifs is 2. The SMILES string of the molecule is C=C(CCCCCCC)Cc1ccc2c(c1)Cc1cc(=C)ccc1=N2. The van der Waals surface area contributed by atoms with Crippen molar-refractivity contribution in [3.8, 4) is 0 Å². The minimum Gasteiger partial charge on any atom is -0.248 e. The van der Waals surface area contributed by atoms with Gasteiger partial charge in [0.2, 0.25) is 0 Å². The van der Waals surface area contributed by atoms with E-state index in [0.29, 0.717) is 0 Å². The molecule has 0 aromatic heterocycles. The maximum Gasteiger partial charge on any atom is 0.0672 e. The van der Waals surface area contributed by atoms with Crippen LogP contribution in [-0.4, -0.2) is 0 Å². The molecular weight excluding hydrogens is 302 g/mol. The van der Waals surface area contributed by atoms with Crippen molar-refractivity contribution >= 4 is 12.3 Å². The zero-order valence-electron chi connectivity index (χ0n) is 15.5. The number of rotatable bonds is 8. The summed E-state index contributed by atoms with van der Waals surface area (Å²) in [6, 6.07) is 13.0. The Balaban J connectivity index is 1.64. The van der Waals surface area contributed by atoms with E-state index in [2.05, 4.69) is 50.4 Å². The van der Waals surface area contributed by atoms with Crippen LogP contribution in [0.2, 0.25) is 0 Å². The molecule has 3 rings (SSSR count). The van der Waals surface area contributed by atoms with Gasteiger partial charge < -0.3 is 0 Å². The van der Waals surface area contributed by atoms with Gasteiger partial charge in [-0.3, -0.25) is 0 Å². The normalized spacial score (nSPS) is 12.2. The summed E-state index contributed by atoms with van der Waals surface area (Å²) in [4.78, 5) is 4.80. The summed E-state index contributed by atoms with van der Waals surface area (Å²) < 4.78 is 0. The summed E-state index contributed by atoms with van der Waals surface area (Å²) in [7, 11) is 0. The highest BCUT2D eigenvalue weighted by atomic mass is 14.7. The number of unbranched alkanes of at least 4 members (excludes halogenated alkanes) is 4. The summed E-state index contributed by atoms with van der Waals surface area (Å²) in [5.74, 6) is 0. The largest absolute Gasteiger partial charge is 0.248 e. The lowest BCUT2D eigenvalue weighted by Crippen LogP contribution is -2.17. The quantitative estimate of drug-likeness (QED) is 0.386. The number of hydrogen-bond donors (Lipinski definition) is 0. The second-order valence-corrected chi connectivity index (χ2v) is 7.31.